The van der Waals surface area contributed by atoms with E-state index in [0.29, 0.717) is 25.7 Å². The summed E-state index contributed by atoms with van der Waals surface area (Å²) in [6, 6.07) is 3.82. The third kappa shape index (κ3) is 2.96. The molecule has 0 saturated carbocycles. The summed E-state index contributed by atoms with van der Waals surface area (Å²) >= 11 is 0. The number of hydrogen-bond donors (Lipinski definition) is 1. The number of sulfonamides is 1. The van der Waals surface area contributed by atoms with Crippen LogP contribution in [0.25, 0.3) is 0 Å². The van der Waals surface area contributed by atoms with Gasteiger partial charge in [-0.05, 0) is 38.1 Å². The fraction of sp³-hybridized carbons (Fsp3) is 0.643. The lowest BCUT2D eigenvalue weighted by Gasteiger charge is -2.36. The van der Waals surface area contributed by atoms with Crippen LogP contribution in [0, 0.1) is 0 Å². The van der Waals surface area contributed by atoms with Gasteiger partial charge in [-0.25, -0.2) is 13.4 Å². The lowest BCUT2D eigenvalue weighted by Crippen LogP contribution is -2.52. The lowest BCUT2D eigenvalue weighted by molar-refractivity contribution is 0.158. The molecule has 0 spiro atoms. The Hall–Kier alpha value is -1.02. The number of aromatic nitrogens is 1. The Morgan fingerprint density at radius 2 is 2.19 bits per heavy atom. The zero-order valence-corrected chi connectivity index (χ0v) is 13.1. The summed E-state index contributed by atoms with van der Waals surface area (Å²) in [6.45, 7) is 3.80. The van der Waals surface area contributed by atoms with Crippen LogP contribution in [-0.4, -0.2) is 61.9 Å². The van der Waals surface area contributed by atoms with E-state index in [0.717, 1.165) is 25.1 Å². The molecule has 7 heteroatoms. The van der Waals surface area contributed by atoms with E-state index in [2.05, 4.69) is 15.2 Å². The Balaban J connectivity index is 1.76. The van der Waals surface area contributed by atoms with E-state index in [-0.39, 0.29) is 5.03 Å². The van der Waals surface area contributed by atoms with Gasteiger partial charge in [-0.1, -0.05) is 6.07 Å². The zero-order valence-electron chi connectivity index (χ0n) is 12.3. The Labute approximate surface area is 126 Å². The summed E-state index contributed by atoms with van der Waals surface area (Å²) in [5, 5.41) is 3.19. The Kier molecular flexibility index (Phi) is 4.26. The average molecular weight is 310 g/mol. The van der Waals surface area contributed by atoms with E-state index in [1.807, 2.05) is 13.1 Å². The molecule has 0 radical (unpaired) electrons. The fourth-order valence-corrected chi connectivity index (χ4v) is 4.57. The van der Waals surface area contributed by atoms with Crippen molar-refractivity contribution in [2.45, 2.75) is 30.5 Å². The van der Waals surface area contributed by atoms with Crippen LogP contribution >= 0.6 is 0 Å². The van der Waals surface area contributed by atoms with Crippen LogP contribution in [0.2, 0.25) is 0 Å². The van der Waals surface area contributed by atoms with E-state index < -0.39 is 10.0 Å². The predicted octanol–water partition coefficient (Wildman–Crippen LogP) is 0.270. The summed E-state index contributed by atoms with van der Waals surface area (Å²) in [5.74, 6) is 0. The molecule has 2 aliphatic heterocycles. The minimum atomic E-state index is -3.46. The number of nitrogens with zero attached hydrogens (tertiary/aromatic N) is 3. The van der Waals surface area contributed by atoms with Gasteiger partial charge in [0.25, 0.3) is 10.0 Å². The summed E-state index contributed by atoms with van der Waals surface area (Å²) in [6.07, 6.45) is 3.91. The van der Waals surface area contributed by atoms with Gasteiger partial charge in [0.2, 0.25) is 0 Å². The second kappa shape index (κ2) is 6.00. The molecular weight excluding hydrogens is 288 g/mol. The van der Waals surface area contributed by atoms with Gasteiger partial charge in [0, 0.05) is 38.4 Å². The topological polar surface area (TPSA) is 65.5 Å². The van der Waals surface area contributed by atoms with Crippen molar-refractivity contribution in [1.29, 1.82) is 0 Å². The van der Waals surface area contributed by atoms with Crippen molar-refractivity contribution in [3.63, 3.8) is 0 Å². The monoisotopic (exact) mass is 310 g/mol. The summed E-state index contributed by atoms with van der Waals surface area (Å²) < 4.78 is 26.9. The summed E-state index contributed by atoms with van der Waals surface area (Å²) in [7, 11) is -1.60. The molecule has 0 aromatic carbocycles. The van der Waals surface area contributed by atoms with Gasteiger partial charge >= 0.3 is 0 Å². The van der Waals surface area contributed by atoms with Crippen molar-refractivity contribution in [3.8, 4) is 0 Å². The second-order valence-electron chi connectivity index (χ2n) is 5.73. The van der Waals surface area contributed by atoms with E-state index >= 15 is 0 Å². The maximum Gasteiger partial charge on any atom is 0.260 e. The average Bonchev–Trinajstić information content (AvgIpc) is 2.95. The molecule has 1 atom stereocenters. The van der Waals surface area contributed by atoms with Crippen molar-refractivity contribution in [2.75, 3.05) is 33.2 Å². The first-order valence-corrected chi connectivity index (χ1v) is 8.89. The van der Waals surface area contributed by atoms with Crippen molar-refractivity contribution in [2.24, 2.45) is 0 Å². The van der Waals surface area contributed by atoms with Crippen LogP contribution in [0.1, 0.15) is 18.4 Å². The van der Waals surface area contributed by atoms with Gasteiger partial charge in [0.05, 0.1) is 0 Å². The molecule has 21 heavy (non-hydrogen) atoms. The standard InChI is InChI=1S/C14H22N4O2S/c1-15-9-12-4-5-14(16-10-12)21(19,20)18-8-7-17-6-2-3-13(17)11-18/h4-5,10,13,15H,2-3,6-9,11H2,1H3. The highest BCUT2D eigenvalue weighted by Gasteiger charge is 2.36. The van der Waals surface area contributed by atoms with Gasteiger partial charge in [-0.15, -0.1) is 0 Å². The molecule has 2 fully saturated rings. The molecule has 0 aliphatic carbocycles. The minimum absolute atomic E-state index is 0.161. The first-order chi connectivity index (χ1) is 10.1. The lowest BCUT2D eigenvalue weighted by atomic mass is 10.2. The van der Waals surface area contributed by atoms with Gasteiger partial charge in [0.1, 0.15) is 0 Å². The normalized spacial score (nSPS) is 24.1. The number of fused-ring (bicyclic) bond motifs is 1. The van der Waals surface area contributed by atoms with E-state index in [1.165, 1.54) is 6.42 Å². The van der Waals surface area contributed by atoms with Crippen molar-refractivity contribution < 1.29 is 8.42 Å². The number of pyridine rings is 1. The van der Waals surface area contributed by atoms with E-state index in [9.17, 15) is 8.42 Å². The Bertz CT molecular complexity index is 587. The van der Waals surface area contributed by atoms with Crippen LogP contribution < -0.4 is 5.32 Å². The summed E-state index contributed by atoms with van der Waals surface area (Å²) in [5.41, 5.74) is 0.983. The van der Waals surface area contributed by atoms with Crippen molar-refractivity contribution >= 4 is 10.0 Å². The number of piperazine rings is 1. The van der Waals surface area contributed by atoms with Gasteiger partial charge in [0.15, 0.2) is 5.03 Å². The molecule has 2 aliphatic rings. The Morgan fingerprint density at radius 3 is 2.90 bits per heavy atom. The largest absolute Gasteiger partial charge is 0.316 e. The fourth-order valence-electron chi connectivity index (χ4n) is 3.19. The van der Waals surface area contributed by atoms with Crippen LogP contribution in [0.3, 0.4) is 0 Å². The van der Waals surface area contributed by atoms with Crippen LogP contribution in [0.4, 0.5) is 0 Å². The highest BCUT2D eigenvalue weighted by atomic mass is 32.2. The SMILES string of the molecule is CNCc1ccc(S(=O)(=O)N2CCN3CCCC3C2)nc1. The summed E-state index contributed by atoms with van der Waals surface area (Å²) in [4.78, 5) is 6.54. The molecule has 3 heterocycles. The van der Waals surface area contributed by atoms with Crippen LogP contribution in [0.15, 0.2) is 23.4 Å². The predicted molar refractivity (Wildman–Crippen MR) is 80.4 cm³/mol. The Morgan fingerprint density at radius 1 is 1.33 bits per heavy atom. The maximum atomic E-state index is 12.7. The molecule has 1 aromatic rings. The third-order valence-electron chi connectivity index (χ3n) is 4.33. The quantitative estimate of drug-likeness (QED) is 0.865. The number of nitrogens with one attached hydrogen (secondary N) is 1. The van der Waals surface area contributed by atoms with Crippen LogP contribution in [0.5, 0.6) is 0 Å². The second-order valence-corrected chi connectivity index (χ2v) is 7.61. The third-order valence-corrected chi connectivity index (χ3v) is 6.11. The molecule has 116 valence electrons. The first kappa shape index (κ1) is 14.9. The highest BCUT2D eigenvalue weighted by molar-refractivity contribution is 7.89. The maximum absolute atomic E-state index is 12.7. The molecule has 1 N–H and O–H groups in total. The minimum Gasteiger partial charge on any atom is -0.316 e. The van der Waals surface area contributed by atoms with Gasteiger partial charge < -0.3 is 5.32 Å². The van der Waals surface area contributed by atoms with Crippen molar-refractivity contribution in [3.05, 3.63) is 23.9 Å². The van der Waals surface area contributed by atoms with Gasteiger partial charge in [-0.3, -0.25) is 4.90 Å². The number of hydrogen-bond acceptors (Lipinski definition) is 5. The molecule has 3 rings (SSSR count). The van der Waals surface area contributed by atoms with Crippen molar-refractivity contribution in [1.82, 2.24) is 19.5 Å². The smallest absolute Gasteiger partial charge is 0.260 e. The highest BCUT2D eigenvalue weighted by Crippen LogP contribution is 2.25. The molecule has 1 aromatic heterocycles. The molecule has 2 saturated heterocycles. The van der Waals surface area contributed by atoms with E-state index in [1.54, 1.807) is 16.6 Å². The molecule has 0 bridgehead atoms. The first-order valence-electron chi connectivity index (χ1n) is 7.45. The molecule has 0 amide bonds. The number of rotatable bonds is 4. The van der Waals surface area contributed by atoms with Crippen LogP contribution in [-0.2, 0) is 16.6 Å². The molecule has 1 unspecified atom stereocenters. The molecular formula is C14H22N4O2S. The van der Waals surface area contributed by atoms with E-state index in [4.69, 9.17) is 0 Å². The zero-order chi connectivity index (χ0) is 14.9. The van der Waals surface area contributed by atoms with Gasteiger partial charge in [-0.2, -0.15) is 4.31 Å². The molecule has 6 nitrogen and oxygen atoms in total.